The highest BCUT2D eigenvalue weighted by molar-refractivity contribution is 5.28. The molecule has 1 aromatic rings. The van der Waals surface area contributed by atoms with E-state index in [1.807, 2.05) is 31.2 Å². The highest BCUT2D eigenvalue weighted by atomic mass is 19.4. The molecule has 0 saturated heterocycles. The Labute approximate surface area is 106 Å². The quantitative estimate of drug-likeness (QED) is 0.875. The molecule has 0 radical (unpaired) electrons. The second-order valence-corrected chi connectivity index (χ2v) is 4.51. The lowest BCUT2D eigenvalue weighted by molar-refractivity contribution is -0.143. The molecule has 1 unspecified atom stereocenters. The smallest absolute Gasteiger partial charge is 0.312 e. The van der Waals surface area contributed by atoms with Gasteiger partial charge in [0.1, 0.15) is 0 Å². The number of hydrogen-bond donors (Lipinski definition) is 1. The fourth-order valence-corrected chi connectivity index (χ4v) is 2.01. The second-order valence-electron chi connectivity index (χ2n) is 4.51. The molecule has 0 aromatic heterocycles. The van der Waals surface area contributed by atoms with Gasteiger partial charge in [0.15, 0.2) is 0 Å². The van der Waals surface area contributed by atoms with E-state index in [2.05, 4.69) is 5.32 Å². The molecule has 2 nitrogen and oxygen atoms in total. The fourth-order valence-electron chi connectivity index (χ4n) is 2.01. The van der Waals surface area contributed by atoms with E-state index in [-0.39, 0.29) is 6.04 Å². The SMILES string of the molecule is CNC(CN(C)CC(F)(F)F)c1ccccc1C. The van der Waals surface area contributed by atoms with Crippen LogP contribution in [0.25, 0.3) is 0 Å². The number of nitrogens with one attached hydrogen (secondary N) is 1. The molecule has 0 aliphatic heterocycles. The molecule has 5 heteroatoms. The predicted molar refractivity (Wildman–Crippen MR) is 66.5 cm³/mol. The summed E-state index contributed by atoms with van der Waals surface area (Å²) in [5.41, 5.74) is 2.12. The Hall–Kier alpha value is -1.07. The van der Waals surface area contributed by atoms with Crippen molar-refractivity contribution in [1.29, 1.82) is 0 Å². The molecular formula is C13H19F3N2. The maximum absolute atomic E-state index is 12.3. The van der Waals surface area contributed by atoms with Gasteiger partial charge in [-0.15, -0.1) is 0 Å². The van der Waals surface area contributed by atoms with Crippen molar-refractivity contribution in [3.05, 3.63) is 35.4 Å². The van der Waals surface area contributed by atoms with Crippen LogP contribution in [0, 0.1) is 6.92 Å². The average Bonchev–Trinajstić information content (AvgIpc) is 2.24. The van der Waals surface area contributed by atoms with Crippen molar-refractivity contribution in [2.75, 3.05) is 27.2 Å². The molecule has 0 aliphatic rings. The molecule has 18 heavy (non-hydrogen) atoms. The molecule has 0 heterocycles. The van der Waals surface area contributed by atoms with Gasteiger partial charge in [-0.3, -0.25) is 4.90 Å². The third kappa shape index (κ3) is 4.66. The molecule has 1 aromatic carbocycles. The largest absolute Gasteiger partial charge is 0.401 e. The number of rotatable bonds is 5. The van der Waals surface area contributed by atoms with Crippen LogP contribution in [0.5, 0.6) is 0 Å². The van der Waals surface area contributed by atoms with Crippen LogP contribution in [0.3, 0.4) is 0 Å². The number of benzene rings is 1. The van der Waals surface area contributed by atoms with Crippen LogP contribution in [0.2, 0.25) is 0 Å². The van der Waals surface area contributed by atoms with E-state index in [1.54, 1.807) is 7.05 Å². The number of likely N-dealkylation sites (N-methyl/N-ethyl adjacent to an activating group) is 2. The summed E-state index contributed by atoms with van der Waals surface area (Å²) in [4.78, 5) is 1.29. The van der Waals surface area contributed by atoms with Gasteiger partial charge in [-0.25, -0.2) is 0 Å². The summed E-state index contributed by atoms with van der Waals surface area (Å²) in [6.07, 6.45) is -4.15. The molecule has 0 bridgehead atoms. The molecule has 1 rings (SSSR count). The van der Waals surface area contributed by atoms with Crippen LogP contribution >= 0.6 is 0 Å². The number of nitrogens with zero attached hydrogens (tertiary/aromatic N) is 1. The monoisotopic (exact) mass is 260 g/mol. The number of halogens is 3. The van der Waals surface area contributed by atoms with Crippen LogP contribution in [0.1, 0.15) is 17.2 Å². The lowest BCUT2D eigenvalue weighted by atomic mass is 10.0. The lowest BCUT2D eigenvalue weighted by Gasteiger charge is -2.26. The minimum Gasteiger partial charge on any atom is -0.312 e. The molecule has 0 fully saturated rings. The summed E-state index contributed by atoms with van der Waals surface area (Å²) in [6.45, 7) is 1.39. The van der Waals surface area contributed by atoms with Gasteiger partial charge in [0.25, 0.3) is 0 Å². The van der Waals surface area contributed by atoms with Gasteiger partial charge in [-0.05, 0) is 32.1 Å². The van der Waals surface area contributed by atoms with Crippen molar-refractivity contribution < 1.29 is 13.2 Å². The first-order chi connectivity index (χ1) is 8.33. The Morgan fingerprint density at radius 1 is 1.28 bits per heavy atom. The van der Waals surface area contributed by atoms with Crippen molar-refractivity contribution in [3.63, 3.8) is 0 Å². The standard InChI is InChI=1S/C13H19F3N2/c1-10-6-4-5-7-11(10)12(17-2)8-18(3)9-13(14,15)16/h4-7,12,17H,8-9H2,1-3H3. The van der Waals surface area contributed by atoms with Gasteiger partial charge in [0, 0.05) is 12.6 Å². The lowest BCUT2D eigenvalue weighted by Crippen LogP contribution is -2.37. The highest BCUT2D eigenvalue weighted by Crippen LogP contribution is 2.20. The molecule has 0 saturated carbocycles. The fraction of sp³-hybridized carbons (Fsp3) is 0.538. The molecule has 0 aliphatic carbocycles. The maximum Gasteiger partial charge on any atom is 0.401 e. The molecule has 0 amide bonds. The third-order valence-electron chi connectivity index (χ3n) is 2.86. The summed E-state index contributed by atoms with van der Waals surface area (Å²) < 4.78 is 36.8. The zero-order valence-corrected chi connectivity index (χ0v) is 10.9. The van der Waals surface area contributed by atoms with Gasteiger partial charge < -0.3 is 5.32 Å². The van der Waals surface area contributed by atoms with Crippen molar-refractivity contribution in [3.8, 4) is 0 Å². The van der Waals surface area contributed by atoms with Crippen molar-refractivity contribution in [1.82, 2.24) is 10.2 Å². The normalized spacial score (nSPS) is 13.9. The van der Waals surface area contributed by atoms with Crippen molar-refractivity contribution in [2.24, 2.45) is 0 Å². The molecule has 102 valence electrons. The Morgan fingerprint density at radius 2 is 1.89 bits per heavy atom. The van der Waals surface area contributed by atoms with Gasteiger partial charge >= 0.3 is 6.18 Å². The summed E-state index contributed by atoms with van der Waals surface area (Å²) in [6, 6.07) is 7.63. The van der Waals surface area contributed by atoms with Crippen LogP contribution < -0.4 is 5.32 Å². The number of alkyl halides is 3. The molecule has 1 N–H and O–H groups in total. The minimum absolute atomic E-state index is 0.0986. The zero-order chi connectivity index (χ0) is 13.8. The number of aryl methyl sites for hydroxylation is 1. The number of hydrogen-bond acceptors (Lipinski definition) is 2. The first-order valence-corrected chi connectivity index (χ1v) is 5.81. The summed E-state index contributed by atoms with van der Waals surface area (Å²) in [7, 11) is 3.24. The summed E-state index contributed by atoms with van der Waals surface area (Å²) in [5, 5.41) is 3.07. The van der Waals surface area contributed by atoms with E-state index in [0.717, 1.165) is 11.1 Å². The average molecular weight is 260 g/mol. The van der Waals surface area contributed by atoms with E-state index in [0.29, 0.717) is 6.54 Å². The van der Waals surface area contributed by atoms with Crippen molar-refractivity contribution in [2.45, 2.75) is 19.1 Å². The first-order valence-electron chi connectivity index (χ1n) is 5.81. The second kappa shape index (κ2) is 6.20. The Morgan fingerprint density at radius 3 is 2.39 bits per heavy atom. The van der Waals surface area contributed by atoms with Crippen LogP contribution in [-0.2, 0) is 0 Å². The summed E-state index contributed by atoms with van der Waals surface area (Å²) in [5.74, 6) is 0. The van der Waals surface area contributed by atoms with E-state index in [1.165, 1.54) is 11.9 Å². The van der Waals surface area contributed by atoms with Crippen LogP contribution in [0.15, 0.2) is 24.3 Å². The minimum atomic E-state index is -4.15. The summed E-state index contributed by atoms with van der Waals surface area (Å²) >= 11 is 0. The highest BCUT2D eigenvalue weighted by Gasteiger charge is 2.30. The van der Waals surface area contributed by atoms with E-state index >= 15 is 0 Å². The van der Waals surface area contributed by atoms with Crippen molar-refractivity contribution >= 4 is 0 Å². The molecular weight excluding hydrogens is 241 g/mol. The van der Waals surface area contributed by atoms with Gasteiger partial charge in [-0.2, -0.15) is 13.2 Å². The molecule has 0 spiro atoms. The van der Waals surface area contributed by atoms with Crippen LogP contribution in [0.4, 0.5) is 13.2 Å². The van der Waals surface area contributed by atoms with Gasteiger partial charge in [-0.1, -0.05) is 24.3 Å². The van der Waals surface area contributed by atoms with Gasteiger partial charge in [0.05, 0.1) is 6.54 Å². The molecule has 1 atom stereocenters. The van der Waals surface area contributed by atoms with Gasteiger partial charge in [0.2, 0.25) is 0 Å². The Balaban J connectivity index is 2.71. The predicted octanol–water partition coefficient (Wildman–Crippen LogP) is 2.75. The Kier molecular flexibility index (Phi) is 5.16. The zero-order valence-electron chi connectivity index (χ0n) is 10.9. The third-order valence-corrected chi connectivity index (χ3v) is 2.86. The first kappa shape index (κ1) is 15.0. The maximum atomic E-state index is 12.3. The van der Waals surface area contributed by atoms with Crippen LogP contribution in [-0.4, -0.2) is 38.3 Å². The topological polar surface area (TPSA) is 15.3 Å². The van der Waals surface area contributed by atoms with E-state index in [9.17, 15) is 13.2 Å². The van der Waals surface area contributed by atoms with E-state index in [4.69, 9.17) is 0 Å². The van der Waals surface area contributed by atoms with E-state index < -0.39 is 12.7 Å². The Bertz CT molecular complexity index is 377.